The number of hydrogen-bond donors (Lipinski definition) is 0. The normalized spacial score (nSPS) is 10.2. The predicted octanol–water partition coefficient (Wildman–Crippen LogP) is 1.34. The summed E-state index contributed by atoms with van der Waals surface area (Å²) in [5.74, 6) is 0. The number of carbonyl (C=O) groups excluding carboxylic acids is 1. The third-order valence-corrected chi connectivity index (χ3v) is 1.80. The van der Waals surface area contributed by atoms with Crippen LogP contribution in [0.3, 0.4) is 0 Å². The number of carbonyl (C=O) groups is 1. The zero-order valence-electron chi connectivity index (χ0n) is 7.58. The summed E-state index contributed by atoms with van der Waals surface area (Å²) >= 11 is 0. The zero-order valence-corrected chi connectivity index (χ0v) is 7.58. The molecule has 0 aliphatic heterocycles. The molecular formula is C9H14N2O. The van der Waals surface area contributed by atoms with Gasteiger partial charge in [-0.1, -0.05) is 6.92 Å². The molecule has 3 heteroatoms. The SMILES string of the molecule is CCCn1cc(CC=O)c(C)n1. The van der Waals surface area contributed by atoms with Crippen LogP contribution in [0.25, 0.3) is 0 Å². The van der Waals surface area contributed by atoms with Crippen LogP contribution >= 0.6 is 0 Å². The first-order valence-electron chi connectivity index (χ1n) is 4.24. The van der Waals surface area contributed by atoms with Crippen LogP contribution in [-0.2, 0) is 17.8 Å². The molecule has 0 aliphatic rings. The maximum Gasteiger partial charge on any atom is 0.124 e. The van der Waals surface area contributed by atoms with Crippen LogP contribution in [0.1, 0.15) is 24.6 Å². The molecule has 0 aliphatic carbocycles. The van der Waals surface area contributed by atoms with Gasteiger partial charge in [0.1, 0.15) is 6.29 Å². The third kappa shape index (κ3) is 1.94. The van der Waals surface area contributed by atoms with Crippen molar-refractivity contribution in [1.82, 2.24) is 9.78 Å². The summed E-state index contributed by atoms with van der Waals surface area (Å²) in [6.45, 7) is 4.97. The number of nitrogens with zero attached hydrogens (tertiary/aromatic N) is 2. The molecule has 1 aromatic heterocycles. The van der Waals surface area contributed by atoms with Crippen LogP contribution in [0, 0.1) is 6.92 Å². The minimum Gasteiger partial charge on any atom is -0.303 e. The number of aryl methyl sites for hydroxylation is 2. The van der Waals surface area contributed by atoms with E-state index >= 15 is 0 Å². The maximum atomic E-state index is 10.3. The van der Waals surface area contributed by atoms with Crippen LogP contribution in [0.15, 0.2) is 6.20 Å². The predicted molar refractivity (Wildman–Crippen MR) is 47.0 cm³/mol. The largest absolute Gasteiger partial charge is 0.303 e. The van der Waals surface area contributed by atoms with Gasteiger partial charge < -0.3 is 4.79 Å². The summed E-state index contributed by atoms with van der Waals surface area (Å²) in [7, 11) is 0. The standard InChI is InChI=1S/C9H14N2O/c1-3-5-11-7-9(4-6-12)8(2)10-11/h6-7H,3-5H2,1-2H3. The second-order valence-corrected chi connectivity index (χ2v) is 2.87. The fourth-order valence-electron chi connectivity index (χ4n) is 1.19. The molecular weight excluding hydrogens is 152 g/mol. The topological polar surface area (TPSA) is 34.9 Å². The highest BCUT2D eigenvalue weighted by atomic mass is 16.1. The number of hydrogen-bond acceptors (Lipinski definition) is 2. The van der Waals surface area contributed by atoms with Crippen LogP contribution < -0.4 is 0 Å². The molecule has 0 saturated heterocycles. The van der Waals surface area contributed by atoms with Gasteiger partial charge in [0, 0.05) is 24.7 Å². The van der Waals surface area contributed by atoms with Crippen molar-refractivity contribution in [2.75, 3.05) is 0 Å². The van der Waals surface area contributed by atoms with E-state index in [1.54, 1.807) is 0 Å². The average molecular weight is 166 g/mol. The van der Waals surface area contributed by atoms with E-state index in [1.165, 1.54) is 0 Å². The van der Waals surface area contributed by atoms with E-state index in [0.717, 1.165) is 30.5 Å². The van der Waals surface area contributed by atoms with E-state index in [1.807, 2.05) is 17.8 Å². The van der Waals surface area contributed by atoms with E-state index in [2.05, 4.69) is 12.0 Å². The Kier molecular flexibility index (Phi) is 3.02. The molecule has 66 valence electrons. The highest BCUT2D eigenvalue weighted by Gasteiger charge is 2.02. The lowest BCUT2D eigenvalue weighted by Gasteiger charge is -1.94. The Labute approximate surface area is 72.4 Å². The van der Waals surface area contributed by atoms with Crippen molar-refractivity contribution in [1.29, 1.82) is 0 Å². The van der Waals surface area contributed by atoms with E-state index in [9.17, 15) is 4.79 Å². The first kappa shape index (κ1) is 8.97. The number of rotatable bonds is 4. The molecule has 0 atom stereocenters. The quantitative estimate of drug-likeness (QED) is 0.633. The zero-order chi connectivity index (χ0) is 8.97. The average Bonchev–Trinajstić information content (AvgIpc) is 2.34. The summed E-state index contributed by atoms with van der Waals surface area (Å²) < 4.78 is 1.90. The highest BCUT2D eigenvalue weighted by Crippen LogP contribution is 2.05. The van der Waals surface area contributed by atoms with Gasteiger partial charge in [-0.3, -0.25) is 4.68 Å². The Morgan fingerprint density at radius 1 is 1.67 bits per heavy atom. The minimum absolute atomic E-state index is 0.482. The Morgan fingerprint density at radius 3 is 3.00 bits per heavy atom. The molecule has 0 radical (unpaired) electrons. The molecule has 1 heterocycles. The van der Waals surface area contributed by atoms with Crippen molar-refractivity contribution >= 4 is 6.29 Å². The monoisotopic (exact) mass is 166 g/mol. The Hall–Kier alpha value is -1.12. The molecule has 0 spiro atoms. The summed E-state index contributed by atoms with van der Waals surface area (Å²) in [4.78, 5) is 10.3. The first-order valence-corrected chi connectivity index (χ1v) is 4.24. The Morgan fingerprint density at radius 2 is 2.42 bits per heavy atom. The van der Waals surface area contributed by atoms with Gasteiger partial charge in [0.05, 0.1) is 5.69 Å². The van der Waals surface area contributed by atoms with Crippen molar-refractivity contribution in [3.63, 3.8) is 0 Å². The van der Waals surface area contributed by atoms with Gasteiger partial charge in [0.15, 0.2) is 0 Å². The Bertz CT molecular complexity index is 265. The van der Waals surface area contributed by atoms with E-state index < -0.39 is 0 Å². The van der Waals surface area contributed by atoms with Crippen LogP contribution in [0.5, 0.6) is 0 Å². The summed E-state index contributed by atoms with van der Waals surface area (Å²) in [6.07, 6.45) is 4.42. The fraction of sp³-hybridized carbons (Fsp3) is 0.556. The van der Waals surface area contributed by atoms with Gasteiger partial charge in [0.25, 0.3) is 0 Å². The van der Waals surface area contributed by atoms with Crippen molar-refractivity contribution in [3.05, 3.63) is 17.5 Å². The molecule has 0 fully saturated rings. The van der Waals surface area contributed by atoms with Crippen molar-refractivity contribution in [3.8, 4) is 0 Å². The molecule has 0 N–H and O–H groups in total. The van der Waals surface area contributed by atoms with Crippen molar-refractivity contribution in [2.24, 2.45) is 0 Å². The minimum atomic E-state index is 0.482. The Balaban J connectivity index is 2.77. The second kappa shape index (κ2) is 4.04. The van der Waals surface area contributed by atoms with E-state index in [0.29, 0.717) is 6.42 Å². The van der Waals surface area contributed by atoms with Crippen LogP contribution in [0.4, 0.5) is 0 Å². The molecule has 1 rings (SSSR count). The van der Waals surface area contributed by atoms with Gasteiger partial charge in [-0.15, -0.1) is 0 Å². The highest BCUT2D eigenvalue weighted by molar-refractivity contribution is 5.55. The lowest BCUT2D eigenvalue weighted by Crippen LogP contribution is -1.96. The van der Waals surface area contributed by atoms with Gasteiger partial charge in [-0.25, -0.2) is 0 Å². The van der Waals surface area contributed by atoms with Crippen LogP contribution in [-0.4, -0.2) is 16.1 Å². The van der Waals surface area contributed by atoms with Crippen LogP contribution in [0.2, 0.25) is 0 Å². The van der Waals surface area contributed by atoms with Crippen molar-refractivity contribution in [2.45, 2.75) is 33.2 Å². The molecule has 1 aromatic rings. The van der Waals surface area contributed by atoms with Gasteiger partial charge in [0.2, 0.25) is 0 Å². The van der Waals surface area contributed by atoms with E-state index in [-0.39, 0.29) is 0 Å². The number of aromatic nitrogens is 2. The molecule has 0 saturated carbocycles. The van der Waals surface area contributed by atoms with Gasteiger partial charge >= 0.3 is 0 Å². The van der Waals surface area contributed by atoms with Gasteiger partial charge in [-0.05, 0) is 13.3 Å². The number of aldehydes is 1. The molecule has 0 unspecified atom stereocenters. The summed E-state index contributed by atoms with van der Waals surface area (Å²) in [5, 5.41) is 4.28. The maximum absolute atomic E-state index is 10.3. The molecule has 0 bridgehead atoms. The summed E-state index contributed by atoms with van der Waals surface area (Å²) in [5.41, 5.74) is 2.01. The molecule has 0 amide bonds. The van der Waals surface area contributed by atoms with Crippen molar-refractivity contribution < 1.29 is 4.79 Å². The first-order chi connectivity index (χ1) is 5.77. The van der Waals surface area contributed by atoms with Gasteiger partial charge in [-0.2, -0.15) is 5.10 Å². The smallest absolute Gasteiger partial charge is 0.124 e. The third-order valence-electron chi connectivity index (χ3n) is 1.80. The fourth-order valence-corrected chi connectivity index (χ4v) is 1.19. The summed E-state index contributed by atoms with van der Waals surface area (Å²) in [6, 6.07) is 0. The molecule has 3 nitrogen and oxygen atoms in total. The molecule has 12 heavy (non-hydrogen) atoms. The molecule has 0 aromatic carbocycles. The van der Waals surface area contributed by atoms with E-state index in [4.69, 9.17) is 0 Å². The second-order valence-electron chi connectivity index (χ2n) is 2.87. The lowest BCUT2D eigenvalue weighted by atomic mass is 10.2. The lowest BCUT2D eigenvalue weighted by molar-refractivity contribution is -0.107.